The fourth-order valence-electron chi connectivity index (χ4n) is 5.43. The average Bonchev–Trinajstić information content (AvgIpc) is 3.25. The normalized spacial score (nSPS) is 24.0. The summed E-state index contributed by atoms with van der Waals surface area (Å²) in [6.07, 6.45) is 10.4. The lowest BCUT2D eigenvalue weighted by Crippen LogP contribution is -2.40. The first-order chi connectivity index (χ1) is 13.4. The maximum Gasteiger partial charge on any atom is 0.0194 e. The molecule has 29 heavy (non-hydrogen) atoms. The number of hydrogen-bond donors (Lipinski definition) is 0. The molecule has 1 aromatic rings. The largest absolute Gasteiger partial charge is 0.0801 e. The van der Waals surface area contributed by atoms with Crippen LogP contribution in [0.3, 0.4) is 0 Å². The highest BCUT2D eigenvalue weighted by Gasteiger charge is 2.48. The van der Waals surface area contributed by atoms with E-state index in [9.17, 15) is 0 Å². The van der Waals surface area contributed by atoms with Crippen LogP contribution in [-0.4, -0.2) is 0 Å². The first kappa shape index (κ1) is 20.2. The van der Waals surface area contributed by atoms with Crippen LogP contribution in [0.15, 0.2) is 64.3 Å². The highest BCUT2D eigenvalue weighted by atomic mass is 14.5. The first-order valence-electron chi connectivity index (χ1n) is 11.0. The molecule has 0 heterocycles. The second kappa shape index (κ2) is 6.21. The molecule has 0 spiro atoms. The van der Waals surface area contributed by atoms with Crippen molar-refractivity contribution in [2.75, 3.05) is 0 Å². The maximum absolute atomic E-state index is 2.48. The van der Waals surface area contributed by atoms with Crippen LogP contribution in [0.2, 0.25) is 0 Å². The third-order valence-electron chi connectivity index (χ3n) is 7.81. The maximum atomic E-state index is 2.48. The summed E-state index contributed by atoms with van der Waals surface area (Å²) in [5, 5.41) is 2.79. The van der Waals surface area contributed by atoms with Gasteiger partial charge >= 0.3 is 0 Å². The lowest BCUT2D eigenvalue weighted by molar-refractivity contribution is 0.197. The monoisotopic (exact) mass is 384 g/mol. The van der Waals surface area contributed by atoms with Gasteiger partial charge < -0.3 is 0 Å². The molecule has 0 N–H and O–H groups in total. The second-order valence-electron chi connectivity index (χ2n) is 11.3. The summed E-state index contributed by atoms with van der Waals surface area (Å²) in [5.74, 6) is 0. The van der Waals surface area contributed by atoms with Crippen LogP contribution >= 0.6 is 0 Å². The van der Waals surface area contributed by atoms with Crippen molar-refractivity contribution in [2.45, 2.75) is 74.1 Å². The third-order valence-corrected chi connectivity index (χ3v) is 7.81. The molecule has 152 valence electrons. The van der Waals surface area contributed by atoms with Gasteiger partial charge in [-0.25, -0.2) is 0 Å². The van der Waals surface area contributed by atoms with E-state index < -0.39 is 0 Å². The zero-order chi connectivity index (χ0) is 21.4. The number of rotatable bonds is 1. The minimum absolute atomic E-state index is 0.0131. The number of allylic oxidation sites excluding steroid dienone is 8. The zero-order valence-corrected chi connectivity index (χ0v) is 19.7. The Morgan fingerprint density at radius 3 is 2.21 bits per heavy atom. The van der Waals surface area contributed by atoms with E-state index in [1.54, 1.807) is 5.57 Å². The molecule has 3 aliphatic rings. The van der Waals surface area contributed by atoms with Crippen molar-refractivity contribution >= 4 is 11.6 Å². The van der Waals surface area contributed by atoms with Gasteiger partial charge in [0.2, 0.25) is 0 Å². The Morgan fingerprint density at radius 2 is 1.66 bits per heavy atom. The molecule has 1 atom stereocenters. The Hall–Kier alpha value is -2.08. The van der Waals surface area contributed by atoms with Crippen LogP contribution in [-0.2, 0) is 5.41 Å². The summed E-state index contributed by atoms with van der Waals surface area (Å²) in [6, 6.07) is 7.12. The Morgan fingerprint density at radius 1 is 0.966 bits per heavy atom. The molecular formula is C29H36. The molecule has 0 aromatic heterocycles. The molecule has 0 radical (unpaired) electrons. The molecule has 0 saturated carbocycles. The number of hydrogen-bond acceptors (Lipinski definition) is 0. The Kier molecular flexibility index (Phi) is 4.32. The van der Waals surface area contributed by atoms with Gasteiger partial charge in [-0.1, -0.05) is 90.5 Å². The summed E-state index contributed by atoms with van der Waals surface area (Å²) in [4.78, 5) is 0. The van der Waals surface area contributed by atoms with Gasteiger partial charge in [-0.05, 0) is 81.0 Å². The smallest absolute Gasteiger partial charge is 0.0194 e. The van der Waals surface area contributed by atoms with E-state index in [-0.39, 0.29) is 16.2 Å². The Balaban J connectivity index is 2.12. The van der Waals surface area contributed by atoms with E-state index in [1.165, 1.54) is 43.9 Å². The molecule has 0 bridgehead atoms. The van der Waals surface area contributed by atoms with E-state index >= 15 is 0 Å². The van der Waals surface area contributed by atoms with Gasteiger partial charge in [0.05, 0.1) is 0 Å². The topological polar surface area (TPSA) is 0 Å². The minimum Gasteiger partial charge on any atom is -0.0801 e. The van der Waals surface area contributed by atoms with E-state index in [0.717, 1.165) is 6.42 Å². The molecule has 0 nitrogen and oxygen atoms in total. The highest BCUT2D eigenvalue weighted by Crippen LogP contribution is 2.59. The fraction of sp³-hybridized carbons (Fsp3) is 0.448. The lowest BCUT2D eigenvalue weighted by Gasteiger charge is -2.49. The number of fused-ring (bicyclic) bond motifs is 2. The average molecular weight is 385 g/mol. The standard InChI is InChI=1S/C29H36/c1-18-19(2)29(9,28(6,7)8)26(20-12-10-11-13-20)24-17-21-16-22(27(3,4)5)14-15-23(21)25(18)24/h10-12,14-17H,13H2,1-9H3. The predicted molar refractivity (Wildman–Crippen MR) is 127 cm³/mol. The van der Waals surface area contributed by atoms with E-state index in [2.05, 4.69) is 105 Å². The van der Waals surface area contributed by atoms with Crippen molar-refractivity contribution in [1.29, 1.82) is 0 Å². The van der Waals surface area contributed by atoms with Crippen LogP contribution in [0, 0.1) is 10.8 Å². The van der Waals surface area contributed by atoms with Gasteiger partial charge in [0, 0.05) is 5.41 Å². The Labute approximate surface area is 177 Å². The molecule has 1 unspecified atom stereocenters. The summed E-state index contributed by atoms with van der Waals surface area (Å²) < 4.78 is 0. The SMILES string of the molecule is CC1=C(C)C(C)(C(C)(C)C)C(C2=CC=CC2)=C2C=c3cc(C(C)(C)C)ccc3=C12. The first-order valence-corrected chi connectivity index (χ1v) is 11.0. The lowest BCUT2D eigenvalue weighted by atomic mass is 9.54. The Bertz CT molecular complexity index is 1140. The minimum atomic E-state index is 0.0131. The quantitative estimate of drug-likeness (QED) is 0.517. The van der Waals surface area contributed by atoms with Crippen molar-refractivity contribution in [2.24, 2.45) is 10.8 Å². The van der Waals surface area contributed by atoms with Crippen molar-refractivity contribution < 1.29 is 0 Å². The molecule has 3 aliphatic carbocycles. The van der Waals surface area contributed by atoms with Crippen LogP contribution in [0.5, 0.6) is 0 Å². The summed E-state index contributed by atoms with van der Waals surface area (Å²) in [5.41, 5.74) is 10.7. The summed E-state index contributed by atoms with van der Waals surface area (Å²) in [6.45, 7) is 21.3. The zero-order valence-electron chi connectivity index (χ0n) is 19.7. The number of benzene rings is 1. The molecule has 0 fully saturated rings. The second-order valence-corrected chi connectivity index (χ2v) is 11.3. The van der Waals surface area contributed by atoms with Crippen molar-refractivity contribution in [1.82, 2.24) is 0 Å². The van der Waals surface area contributed by atoms with Crippen molar-refractivity contribution in [3.63, 3.8) is 0 Å². The molecule has 0 heteroatoms. The van der Waals surface area contributed by atoms with Crippen LogP contribution in [0.25, 0.3) is 11.6 Å². The summed E-state index contributed by atoms with van der Waals surface area (Å²) >= 11 is 0. The molecule has 0 saturated heterocycles. The van der Waals surface area contributed by atoms with Gasteiger partial charge in [-0.3, -0.25) is 0 Å². The molecule has 1 aromatic carbocycles. The van der Waals surface area contributed by atoms with E-state index in [4.69, 9.17) is 0 Å². The summed E-state index contributed by atoms with van der Waals surface area (Å²) in [7, 11) is 0. The van der Waals surface area contributed by atoms with E-state index in [0.29, 0.717) is 0 Å². The van der Waals surface area contributed by atoms with Gasteiger partial charge in [0.15, 0.2) is 0 Å². The highest BCUT2D eigenvalue weighted by molar-refractivity contribution is 5.95. The van der Waals surface area contributed by atoms with Crippen LogP contribution in [0.1, 0.15) is 74.3 Å². The molecular weight excluding hydrogens is 348 g/mol. The molecule has 0 aliphatic heterocycles. The van der Waals surface area contributed by atoms with Crippen LogP contribution < -0.4 is 10.4 Å². The van der Waals surface area contributed by atoms with Gasteiger partial charge in [0.25, 0.3) is 0 Å². The molecule has 4 rings (SSSR count). The van der Waals surface area contributed by atoms with Crippen molar-refractivity contribution in [3.8, 4) is 0 Å². The van der Waals surface area contributed by atoms with Crippen molar-refractivity contribution in [3.05, 3.63) is 80.3 Å². The van der Waals surface area contributed by atoms with Gasteiger partial charge in [0.1, 0.15) is 0 Å². The molecule has 0 amide bonds. The predicted octanol–water partition coefficient (Wildman–Crippen LogP) is 6.51. The van der Waals surface area contributed by atoms with Crippen LogP contribution in [0.4, 0.5) is 0 Å². The fourth-order valence-corrected chi connectivity index (χ4v) is 5.43. The van der Waals surface area contributed by atoms with E-state index in [1.807, 2.05) is 0 Å². The van der Waals surface area contributed by atoms with Gasteiger partial charge in [-0.15, -0.1) is 0 Å². The third kappa shape index (κ3) is 2.79. The van der Waals surface area contributed by atoms with Gasteiger partial charge in [-0.2, -0.15) is 0 Å².